The number of alkyl halides is 2. The molecule has 4 rings (SSSR count). The summed E-state index contributed by atoms with van der Waals surface area (Å²) in [5.41, 5.74) is 6.89. The van der Waals surface area contributed by atoms with Crippen molar-refractivity contribution >= 4 is 17.6 Å². The second kappa shape index (κ2) is 7.43. The number of halogens is 2. The molecule has 29 heavy (non-hydrogen) atoms. The van der Waals surface area contributed by atoms with Crippen molar-refractivity contribution in [2.24, 2.45) is 11.7 Å². The number of carbonyl (C=O) groups is 2. The summed E-state index contributed by atoms with van der Waals surface area (Å²) < 4.78 is 39.0. The maximum Gasteiger partial charge on any atom is 0.283 e. The zero-order valence-corrected chi connectivity index (χ0v) is 15.7. The minimum Gasteiger partial charge on any atom is -0.491 e. The number of imidazole rings is 1. The number of hydrogen-bond donors (Lipinski definition) is 1. The van der Waals surface area contributed by atoms with Crippen LogP contribution in [-0.2, 0) is 27.3 Å². The van der Waals surface area contributed by atoms with Crippen LogP contribution in [0.5, 0.6) is 5.75 Å². The fraction of sp³-hybridized carbons (Fsp3) is 0.421. The average Bonchev–Trinajstić information content (AvgIpc) is 3.21. The summed E-state index contributed by atoms with van der Waals surface area (Å²) >= 11 is 0. The number of benzene rings is 1. The molecule has 0 radical (unpaired) electrons. The van der Waals surface area contributed by atoms with Crippen molar-refractivity contribution in [3.8, 4) is 17.1 Å². The van der Waals surface area contributed by atoms with Crippen molar-refractivity contribution in [3.63, 3.8) is 0 Å². The Kier molecular flexibility index (Phi) is 4.95. The lowest BCUT2D eigenvalue weighted by Crippen LogP contribution is -2.38. The van der Waals surface area contributed by atoms with Gasteiger partial charge in [0.25, 0.3) is 12.3 Å². The molecule has 2 amide bonds. The molecular formula is C19H20F2N4O4. The molecule has 154 valence electrons. The molecule has 1 fully saturated rings. The van der Waals surface area contributed by atoms with Crippen LogP contribution in [0.15, 0.2) is 24.4 Å². The minimum absolute atomic E-state index is 0.118. The topological polar surface area (TPSA) is 99.7 Å². The molecule has 1 saturated heterocycles. The zero-order valence-electron chi connectivity index (χ0n) is 15.7. The second-order valence-corrected chi connectivity index (χ2v) is 7.10. The predicted octanol–water partition coefficient (Wildman–Crippen LogP) is 1.56. The number of rotatable bonds is 5. The highest BCUT2D eigenvalue weighted by molar-refractivity contribution is 5.95. The summed E-state index contributed by atoms with van der Waals surface area (Å²) in [7, 11) is 0. The van der Waals surface area contributed by atoms with Gasteiger partial charge >= 0.3 is 0 Å². The van der Waals surface area contributed by atoms with Crippen LogP contribution in [0.1, 0.15) is 12.5 Å². The van der Waals surface area contributed by atoms with Crippen LogP contribution in [0.4, 0.5) is 14.6 Å². The summed E-state index contributed by atoms with van der Waals surface area (Å²) in [5, 5.41) is 0. The number of amides is 2. The summed E-state index contributed by atoms with van der Waals surface area (Å²) in [6, 6.07) is 5.47. The predicted molar refractivity (Wildman–Crippen MR) is 98.5 cm³/mol. The van der Waals surface area contributed by atoms with Crippen molar-refractivity contribution in [3.05, 3.63) is 30.0 Å². The average molecular weight is 406 g/mol. The van der Waals surface area contributed by atoms with Gasteiger partial charge in [-0.25, -0.2) is 13.8 Å². The number of carbonyl (C=O) groups excluding carboxylic acids is 2. The van der Waals surface area contributed by atoms with Gasteiger partial charge in [-0.05, 0) is 24.1 Å². The maximum absolute atomic E-state index is 13.2. The number of fused-ring (bicyclic) bond motifs is 3. The Morgan fingerprint density at radius 3 is 2.93 bits per heavy atom. The lowest BCUT2D eigenvalue weighted by molar-refractivity contribution is -0.121. The Balaban J connectivity index is 1.68. The van der Waals surface area contributed by atoms with Crippen molar-refractivity contribution in [1.29, 1.82) is 0 Å². The number of hydrogen-bond acceptors (Lipinski definition) is 5. The molecule has 0 spiro atoms. The molecule has 2 aliphatic rings. The highest BCUT2D eigenvalue weighted by atomic mass is 19.3. The minimum atomic E-state index is -2.84. The van der Waals surface area contributed by atoms with E-state index < -0.39 is 25.2 Å². The quantitative estimate of drug-likeness (QED) is 0.812. The number of primary amides is 1. The molecule has 2 aliphatic heterocycles. The van der Waals surface area contributed by atoms with Gasteiger partial charge in [0.1, 0.15) is 24.8 Å². The van der Waals surface area contributed by atoms with E-state index in [0.29, 0.717) is 36.7 Å². The molecule has 3 heterocycles. The van der Waals surface area contributed by atoms with Crippen molar-refractivity contribution in [2.45, 2.75) is 32.5 Å². The van der Waals surface area contributed by atoms with Gasteiger partial charge in [-0.3, -0.25) is 14.5 Å². The highest BCUT2D eigenvalue weighted by Gasteiger charge is 2.41. The molecular weight excluding hydrogens is 386 g/mol. The Bertz CT molecular complexity index is 962. The number of anilines is 1. The first kappa shape index (κ1) is 19.3. The molecule has 10 heteroatoms. The van der Waals surface area contributed by atoms with Crippen molar-refractivity contribution in [2.75, 3.05) is 18.1 Å². The molecule has 1 aromatic carbocycles. The standard InChI is InChI=1S/C19H20F2N4O4/c1-10(17(22)27)6-11-2-3-12-13(7-11)28-5-4-24-8-14(23-18(12)24)25-15(26)9-29-19(25)16(20)21/h2-3,7-8,10,16,19H,4-6,9H2,1H3,(H2,22,27)/t10-,19+/m1/s1. The van der Waals surface area contributed by atoms with E-state index in [9.17, 15) is 18.4 Å². The van der Waals surface area contributed by atoms with Gasteiger partial charge in [-0.2, -0.15) is 0 Å². The fourth-order valence-corrected chi connectivity index (χ4v) is 3.50. The van der Waals surface area contributed by atoms with Gasteiger partial charge in [0.2, 0.25) is 5.91 Å². The second-order valence-electron chi connectivity index (χ2n) is 7.10. The van der Waals surface area contributed by atoms with Gasteiger partial charge in [-0.1, -0.05) is 13.0 Å². The summed E-state index contributed by atoms with van der Waals surface area (Å²) in [6.07, 6.45) is -2.46. The van der Waals surface area contributed by atoms with Gasteiger partial charge in [-0.15, -0.1) is 0 Å². The first-order chi connectivity index (χ1) is 13.8. The van der Waals surface area contributed by atoms with Crippen molar-refractivity contribution < 1.29 is 27.8 Å². The third-order valence-corrected chi connectivity index (χ3v) is 5.03. The third-order valence-electron chi connectivity index (χ3n) is 5.03. The monoisotopic (exact) mass is 406 g/mol. The van der Waals surface area contributed by atoms with E-state index in [1.807, 2.05) is 12.1 Å². The van der Waals surface area contributed by atoms with E-state index in [1.165, 1.54) is 0 Å². The van der Waals surface area contributed by atoms with Crippen LogP contribution < -0.4 is 15.4 Å². The van der Waals surface area contributed by atoms with Crippen LogP contribution in [0.25, 0.3) is 11.4 Å². The van der Waals surface area contributed by atoms with E-state index in [1.54, 1.807) is 23.8 Å². The zero-order chi connectivity index (χ0) is 20.7. The van der Waals surface area contributed by atoms with Crippen LogP contribution >= 0.6 is 0 Å². The van der Waals surface area contributed by atoms with Crippen LogP contribution in [0.3, 0.4) is 0 Å². The Morgan fingerprint density at radius 2 is 2.21 bits per heavy atom. The van der Waals surface area contributed by atoms with E-state index >= 15 is 0 Å². The molecule has 0 aliphatic carbocycles. The highest BCUT2D eigenvalue weighted by Crippen LogP contribution is 2.36. The Morgan fingerprint density at radius 1 is 1.41 bits per heavy atom. The molecule has 0 unspecified atom stereocenters. The van der Waals surface area contributed by atoms with Gasteiger partial charge < -0.3 is 19.8 Å². The van der Waals surface area contributed by atoms with E-state index in [-0.39, 0.29) is 17.6 Å². The molecule has 2 atom stereocenters. The fourth-order valence-electron chi connectivity index (χ4n) is 3.50. The first-order valence-corrected chi connectivity index (χ1v) is 9.19. The van der Waals surface area contributed by atoms with Crippen LogP contribution in [0.2, 0.25) is 0 Å². The van der Waals surface area contributed by atoms with Crippen molar-refractivity contribution in [1.82, 2.24) is 9.55 Å². The van der Waals surface area contributed by atoms with E-state index in [4.69, 9.17) is 15.2 Å². The normalized spacial score (nSPS) is 19.5. The summed E-state index contributed by atoms with van der Waals surface area (Å²) in [4.78, 5) is 28.7. The SMILES string of the molecule is C[C@H](Cc1ccc2c(c1)OCCn1cc(N3C(=O)CO[C@H]3C(F)F)nc1-2)C(N)=O. The van der Waals surface area contributed by atoms with Gasteiger partial charge in [0, 0.05) is 12.1 Å². The molecule has 2 N–H and O–H groups in total. The number of aromatic nitrogens is 2. The Labute approximate surface area is 165 Å². The number of nitrogens with two attached hydrogens (primary N) is 1. The number of ether oxygens (including phenoxy) is 2. The molecule has 0 bridgehead atoms. The number of nitrogens with zero attached hydrogens (tertiary/aromatic N) is 3. The molecule has 8 nitrogen and oxygen atoms in total. The smallest absolute Gasteiger partial charge is 0.283 e. The lowest BCUT2D eigenvalue weighted by atomic mass is 9.99. The largest absolute Gasteiger partial charge is 0.491 e. The van der Waals surface area contributed by atoms with Crippen LogP contribution in [0, 0.1) is 5.92 Å². The summed E-state index contributed by atoms with van der Waals surface area (Å²) in [6.45, 7) is 2.13. The van der Waals surface area contributed by atoms with Gasteiger partial charge in [0.05, 0.1) is 12.1 Å². The summed E-state index contributed by atoms with van der Waals surface area (Å²) in [5.74, 6) is -0.0610. The first-order valence-electron chi connectivity index (χ1n) is 9.19. The van der Waals surface area contributed by atoms with E-state index in [2.05, 4.69) is 4.98 Å². The van der Waals surface area contributed by atoms with E-state index in [0.717, 1.165) is 10.5 Å². The maximum atomic E-state index is 13.2. The third kappa shape index (κ3) is 3.55. The molecule has 0 saturated carbocycles. The Hall–Kier alpha value is -3.01. The van der Waals surface area contributed by atoms with Crippen LogP contribution in [-0.4, -0.2) is 47.2 Å². The van der Waals surface area contributed by atoms with Gasteiger partial charge in [0.15, 0.2) is 12.0 Å². The molecule has 2 aromatic rings. The lowest BCUT2D eigenvalue weighted by Gasteiger charge is -2.19. The molecule has 1 aromatic heterocycles.